The Morgan fingerprint density at radius 1 is 0.500 bits per heavy atom. The van der Waals surface area contributed by atoms with Gasteiger partial charge in [0.05, 0.1) is 59.3 Å². The van der Waals surface area contributed by atoms with E-state index in [-0.39, 0.29) is 18.9 Å². The molecule has 0 saturated carbocycles. The Morgan fingerprint density at radius 2 is 0.829 bits per heavy atom. The van der Waals surface area contributed by atoms with Crippen molar-refractivity contribution in [1.29, 1.82) is 0 Å². The van der Waals surface area contributed by atoms with E-state index >= 15 is 0 Å². The van der Waals surface area contributed by atoms with E-state index in [1.165, 1.54) is 78.4 Å². The maximum Gasteiger partial charge on any atom is 0.495 e. The van der Waals surface area contributed by atoms with E-state index < -0.39 is 23.6 Å². The number of nitrogens with one attached hydrogen (secondary N) is 1. The molecular weight excluding hydrogens is 1050 g/mol. The van der Waals surface area contributed by atoms with Crippen LogP contribution in [0.4, 0.5) is 0 Å². The molecule has 0 bridgehead atoms. The summed E-state index contributed by atoms with van der Waals surface area (Å²) in [5.41, 5.74) is 5.14. The molecule has 0 unspecified atom stereocenters. The summed E-state index contributed by atoms with van der Waals surface area (Å²) in [6.07, 6.45) is 26.2. The number of hydrogen-bond donors (Lipinski definition) is 10. The summed E-state index contributed by atoms with van der Waals surface area (Å²) in [6, 6.07) is 0.681. The molecule has 9 N–H and O–H groups in total. The maximum absolute atomic E-state index is 11.3. The van der Waals surface area contributed by atoms with E-state index in [0.717, 1.165) is 52.3 Å². The second kappa shape index (κ2) is 81.7. The van der Waals surface area contributed by atoms with E-state index in [1.807, 2.05) is 0 Å². The second-order valence-corrected chi connectivity index (χ2v) is 22.0. The topological polar surface area (TPSA) is 283 Å². The lowest BCUT2D eigenvalue weighted by Gasteiger charge is -2.12. The Labute approximate surface area is 475 Å². The van der Waals surface area contributed by atoms with Gasteiger partial charge in [0.25, 0.3) is 0 Å². The normalized spacial score (nSPS) is 10.0. The molecule has 0 aromatic heterocycles. The zero-order chi connectivity index (χ0) is 59.8. The third-order valence-electron chi connectivity index (χ3n) is 9.18. The van der Waals surface area contributed by atoms with Crippen molar-refractivity contribution >= 4 is 66.3 Å². The Morgan fingerprint density at radius 3 is 1.11 bits per heavy atom. The third kappa shape index (κ3) is 108. The van der Waals surface area contributed by atoms with Crippen molar-refractivity contribution in [3.05, 3.63) is 50.6 Å². The molecule has 0 atom stereocenters. The summed E-state index contributed by atoms with van der Waals surface area (Å²) in [6.45, 7) is 28.1. The van der Waals surface area contributed by atoms with Crippen LogP contribution in [0.15, 0.2) is 50.6 Å². The number of nitrogens with two attached hydrogens (primary N) is 1. The van der Waals surface area contributed by atoms with Gasteiger partial charge in [-0.25, -0.2) is 0 Å². The van der Waals surface area contributed by atoms with Crippen molar-refractivity contribution in [1.82, 2.24) is 5.32 Å². The van der Waals surface area contributed by atoms with Crippen LogP contribution in [0.3, 0.4) is 0 Å². The lowest BCUT2D eigenvalue weighted by atomic mass is 10.1. The molecule has 22 heteroatoms. The van der Waals surface area contributed by atoms with Gasteiger partial charge in [0.1, 0.15) is 11.6 Å². The van der Waals surface area contributed by atoms with Crippen molar-refractivity contribution < 1.29 is 76.4 Å². The number of aliphatic hydroxyl groups excluding tert-OH is 1. The number of carbonyl (C=O) groups excluding carboxylic acids is 3. The van der Waals surface area contributed by atoms with E-state index in [1.54, 1.807) is 24.3 Å². The zero-order valence-electron chi connectivity index (χ0n) is 48.6. The molecule has 0 aliphatic heterocycles. The number of carbonyl (C=O) groups is 4. The van der Waals surface area contributed by atoms with Crippen molar-refractivity contribution in [3.63, 3.8) is 0 Å². The van der Waals surface area contributed by atoms with Gasteiger partial charge < -0.3 is 68.2 Å². The van der Waals surface area contributed by atoms with E-state index in [2.05, 4.69) is 93.4 Å². The lowest BCUT2D eigenvalue weighted by Crippen LogP contribution is -2.37. The second-order valence-electron chi connectivity index (χ2n) is 16.3. The quantitative estimate of drug-likeness (QED) is 0.0118. The molecule has 0 heterocycles. The number of carboxylic acids is 1. The number of aliphatic carboxylic acids is 1. The molecule has 456 valence electrons. The summed E-state index contributed by atoms with van der Waals surface area (Å²) < 4.78 is 29.1. The fraction of sp³-hybridized carbons (Fsp3) is 0.778. The SMILES string of the molecule is C=CCOCCC(=O)CCCCCC.C=CCOCCC(=O)CCCCCC.C=CCOCCC(=O)NCCCCC.C=CCOCCC(=O)O.CCCCN.CO.CO[Si](O)(O)CCCS.CO[Si](O)(O)CCCS. The number of ether oxygens (including phenoxy) is 4. The molecule has 1 amide bonds. The Hall–Kier alpha value is -2.11. The van der Waals surface area contributed by atoms with Crippen LogP contribution in [0.5, 0.6) is 0 Å². The molecule has 0 spiro atoms. The number of rotatable bonds is 44. The van der Waals surface area contributed by atoms with E-state index in [9.17, 15) is 19.2 Å². The van der Waals surface area contributed by atoms with Crippen LogP contribution in [-0.2, 0) is 47.0 Å². The van der Waals surface area contributed by atoms with Crippen LogP contribution < -0.4 is 11.1 Å². The highest BCUT2D eigenvalue weighted by Gasteiger charge is 2.29. The number of ketones is 2. The van der Waals surface area contributed by atoms with Gasteiger partial charge in [-0.1, -0.05) is 110 Å². The molecule has 0 saturated heterocycles. The van der Waals surface area contributed by atoms with Gasteiger partial charge in [-0.2, -0.15) is 25.3 Å². The first-order valence-electron chi connectivity index (χ1n) is 27.0. The molecule has 0 aromatic carbocycles. The van der Waals surface area contributed by atoms with Gasteiger partial charge in [0.2, 0.25) is 5.91 Å². The largest absolute Gasteiger partial charge is 0.495 e. The number of thiol groups is 2. The number of hydrogen-bond acceptors (Lipinski definition) is 18. The Balaban J connectivity index is -0.000000120. The number of unbranched alkanes of at least 4 members (excludes halogenated alkanes) is 9. The summed E-state index contributed by atoms with van der Waals surface area (Å²) in [4.78, 5) is 79.1. The average Bonchev–Trinajstić information content (AvgIpc) is 3.41. The van der Waals surface area contributed by atoms with Gasteiger partial charge in [-0.15, -0.1) is 26.3 Å². The predicted molar refractivity (Wildman–Crippen MR) is 323 cm³/mol. The van der Waals surface area contributed by atoms with Crippen molar-refractivity contribution in [3.8, 4) is 0 Å². The summed E-state index contributed by atoms with van der Waals surface area (Å²) in [5.74, 6) is 1.22. The minimum absolute atomic E-state index is 0.0633. The molecule has 0 fully saturated rings. The number of amides is 1. The molecular formula is C54H114N2O16S2Si2. The molecule has 0 aliphatic rings. The molecule has 0 radical (unpaired) electrons. The highest BCUT2D eigenvalue weighted by atomic mass is 32.1. The van der Waals surface area contributed by atoms with E-state index in [0.29, 0.717) is 114 Å². The van der Waals surface area contributed by atoms with Gasteiger partial charge in [0, 0.05) is 72.1 Å². The fourth-order valence-corrected chi connectivity index (χ4v) is 7.42. The van der Waals surface area contributed by atoms with Crippen molar-refractivity contribution in [2.75, 3.05) is 98.8 Å². The van der Waals surface area contributed by atoms with Crippen LogP contribution in [0.1, 0.15) is 163 Å². The summed E-state index contributed by atoms with van der Waals surface area (Å²) in [5, 5.41) is 18.0. The molecule has 0 rings (SSSR count). The molecule has 18 nitrogen and oxygen atoms in total. The van der Waals surface area contributed by atoms with Crippen LogP contribution in [0.2, 0.25) is 12.1 Å². The monoisotopic (exact) mass is 1170 g/mol. The van der Waals surface area contributed by atoms with Crippen LogP contribution in [-0.4, -0.2) is 169 Å². The van der Waals surface area contributed by atoms with Gasteiger partial charge in [-0.05, 0) is 56.6 Å². The predicted octanol–water partition coefficient (Wildman–Crippen LogP) is 8.89. The Bertz CT molecular complexity index is 1120. The number of carboxylic acid groups (broad SMARTS) is 1. The standard InChI is InChI=1S/2C12H22O2.C11H21NO2.C6H10O3.C4H11N.2C4H12O3SSi.CH4O/c2*1-3-5-6-7-8-12(13)9-11-14-10-4-2;1-3-5-6-8-12-11(13)7-10-14-9-4-2;1-2-4-9-5-3-6(7)8;1-2-3-4-5;2*1-7-9(5,6)4-2-3-8;1-2/h2*4H,2-3,5-11H2,1H3;4H,2-3,5-10H2,1H3,(H,12,13);2H,1,3-5H2,(H,7,8);2-5H2,1H3;2*5-6,8H,2-4H2,1H3;2H,1H3. The lowest BCUT2D eigenvalue weighted by molar-refractivity contribution is -0.138. The van der Waals surface area contributed by atoms with Gasteiger partial charge in [-0.3, -0.25) is 19.2 Å². The summed E-state index contributed by atoms with van der Waals surface area (Å²) in [7, 11) is -2.87. The Kier molecular flexibility index (Phi) is 97.3. The fourth-order valence-electron chi connectivity index (χ4n) is 4.83. The first kappa shape index (κ1) is 90.4. The van der Waals surface area contributed by atoms with Crippen molar-refractivity contribution in [2.24, 2.45) is 5.73 Å². The average molecular weight is 1170 g/mol. The summed E-state index contributed by atoms with van der Waals surface area (Å²) >= 11 is 7.83. The number of Topliss-reactive ketones (excluding diaryl/α,β-unsaturated/α-hetero) is 2. The van der Waals surface area contributed by atoms with Gasteiger partial charge >= 0.3 is 23.6 Å². The van der Waals surface area contributed by atoms with Gasteiger partial charge in [0.15, 0.2) is 0 Å². The van der Waals surface area contributed by atoms with Crippen LogP contribution >= 0.6 is 25.3 Å². The third-order valence-corrected chi connectivity index (χ3v) is 13.1. The molecule has 76 heavy (non-hydrogen) atoms. The molecule has 0 aromatic rings. The van der Waals surface area contributed by atoms with E-state index in [4.69, 9.17) is 54.1 Å². The minimum atomic E-state index is -3.25. The first-order valence-corrected chi connectivity index (χ1v) is 32.3. The smallest absolute Gasteiger partial charge is 0.481 e. The zero-order valence-corrected chi connectivity index (χ0v) is 52.4. The maximum atomic E-state index is 11.3. The first-order chi connectivity index (χ1) is 36.4. The van der Waals surface area contributed by atoms with Crippen molar-refractivity contribution in [2.45, 2.75) is 175 Å². The van der Waals surface area contributed by atoms with Crippen LogP contribution in [0.25, 0.3) is 0 Å². The highest BCUT2D eigenvalue weighted by Crippen LogP contribution is 2.08. The minimum Gasteiger partial charge on any atom is -0.481 e. The van der Waals surface area contributed by atoms with Crippen LogP contribution in [0, 0.1) is 0 Å². The highest BCUT2D eigenvalue weighted by molar-refractivity contribution is 7.80. The number of aliphatic hydroxyl groups is 1. The molecule has 0 aliphatic carbocycles.